The maximum absolute atomic E-state index is 2.93. The van der Waals surface area contributed by atoms with Gasteiger partial charge in [0.25, 0.3) is 0 Å². The monoisotopic (exact) mass is 136 g/mol. The van der Waals surface area contributed by atoms with Gasteiger partial charge < -0.3 is 10.2 Å². The highest BCUT2D eigenvalue weighted by Gasteiger charge is 1.91. The van der Waals surface area contributed by atoms with E-state index in [4.69, 9.17) is 0 Å². The van der Waals surface area contributed by atoms with Gasteiger partial charge in [-0.3, -0.25) is 0 Å². The Hall–Kier alpha value is -1.18. The molecule has 1 aliphatic heterocycles. The molecular weight excluding hydrogens is 124 g/mol. The average Bonchev–Trinajstić information content (AvgIpc) is 2.03. The van der Waals surface area contributed by atoms with Crippen molar-refractivity contribution in [2.75, 3.05) is 13.6 Å². The first-order valence-corrected chi connectivity index (χ1v) is 3.36. The summed E-state index contributed by atoms with van der Waals surface area (Å²) in [6.45, 7) is 0.967. The van der Waals surface area contributed by atoms with Gasteiger partial charge in [0, 0.05) is 32.2 Å². The Kier molecular flexibility index (Phi) is 2.62. The molecule has 0 radical (unpaired) electrons. The largest absolute Gasteiger partial charge is 0.393 e. The summed E-state index contributed by atoms with van der Waals surface area (Å²) in [5, 5.41) is 2.93. The molecule has 0 aromatic carbocycles. The van der Waals surface area contributed by atoms with E-state index in [1.807, 2.05) is 37.8 Å². The number of nitrogens with zero attached hydrogens (tertiary/aromatic N) is 1. The molecule has 0 unspecified atom stereocenters. The minimum Gasteiger partial charge on any atom is -0.393 e. The molecule has 1 rings (SSSR count). The van der Waals surface area contributed by atoms with E-state index in [0.717, 1.165) is 6.54 Å². The maximum atomic E-state index is 2.93. The Labute approximate surface area is 61.5 Å². The van der Waals surface area contributed by atoms with E-state index < -0.39 is 0 Å². The molecule has 2 heteroatoms. The van der Waals surface area contributed by atoms with Gasteiger partial charge >= 0.3 is 0 Å². The molecule has 0 saturated carbocycles. The Morgan fingerprint density at radius 1 is 1.50 bits per heavy atom. The Balaban J connectivity index is 2.36. The summed E-state index contributed by atoms with van der Waals surface area (Å²) in [7, 11) is 1.89. The molecule has 10 heavy (non-hydrogen) atoms. The molecule has 0 aliphatic carbocycles. The standard InChI is InChI=1S/C8H12N2/c1-9-5-8-10-6-3-2-4-7-10/h2-6,8-9H,7H2,1H3. The Bertz CT molecular complexity index is 168. The van der Waals surface area contributed by atoms with E-state index in [-0.39, 0.29) is 0 Å². The summed E-state index contributed by atoms with van der Waals surface area (Å²) >= 11 is 0. The molecule has 0 bridgehead atoms. The van der Waals surface area contributed by atoms with Crippen molar-refractivity contribution in [1.29, 1.82) is 0 Å². The number of hydrogen-bond acceptors (Lipinski definition) is 2. The number of hydrogen-bond donors (Lipinski definition) is 1. The second-order valence-corrected chi connectivity index (χ2v) is 2.07. The molecule has 0 saturated heterocycles. The number of allylic oxidation sites excluding steroid dienone is 2. The van der Waals surface area contributed by atoms with Crippen LogP contribution in [-0.4, -0.2) is 18.5 Å². The van der Waals surface area contributed by atoms with Crippen LogP contribution in [0.15, 0.2) is 36.8 Å². The lowest BCUT2D eigenvalue weighted by atomic mass is 10.4. The maximum Gasteiger partial charge on any atom is 0.0404 e. The van der Waals surface area contributed by atoms with E-state index in [1.54, 1.807) is 0 Å². The predicted molar refractivity (Wildman–Crippen MR) is 43.2 cm³/mol. The minimum absolute atomic E-state index is 0.967. The lowest BCUT2D eigenvalue weighted by molar-refractivity contribution is 0.556. The van der Waals surface area contributed by atoms with Crippen molar-refractivity contribution in [3.05, 3.63) is 36.8 Å². The van der Waals surface area contributed by atoms with Gasteiger partial charge in [0.1, 0.15) is 0 Å². The molecule has 0 spiro atoms. The molecule has 54 valence electrons. The zero-order valence-electron chi connectivity index (χ0n) is 6.12. The van der Waals surface area contributed by atoms with Crippen molar-refractivity contribution in [1.82, 2.24) is 10.2 Å². The van der Waals surface area contributed by atoms with E-state index in [2.05, 4.69) is 16.3 Å². The topological polar surface area (TPSA) is 15.3 Å². The van der Waals surface area contributed by atoms with Crippen LogP contribution < -0.4 is 5.32 Å². The molecule has 0 atom stereocenters. The Morgan fingerprint density at radius 2 is 2.40 bits per heavy atom. The quantitative estimate of drug-likeness (QED) is 0.610. The van der Waals surface area contributed by atoms with Gasteiger partial charge in [0.2, 0.25) is 0 Å². The van der Waals surface area contributed by atoms with Gasteiger partial charge in [0.05, 0.1) is 0 Å². The fourth-order valence-corrected chi connectivity index (χ4v) is 0.763. The highest BCUT2D eigenvalue weighted by Crippen LogP contribution is 1.97. The lowest BCUT2D eigenvalue weighted by Crippen LogP contribution is -2.12. The smallest absolute Gasteiger partial charge is 0.0404 e. The fourth-order valence-electron chi connectivity index (χ4n) is 0.763. The van der Waals surface area contributed by atoms with Gasteiger partial charge in [-0.15, -0.1) is 0 Å². The summed E-state index contributed by atoms with van der Waals surface area (Å²) in [5.41, 5.74) is 0. The van der Waals surface area contributed by atoms with Crippen LogP contribution in [0, 0.1) is 0 Å². The van der Waals surface area contributed by atoms with Crippen LogP contribution in [0.5, 0.6) is 0 Å². The first kappa shape index (κ1) is 6.93. The lowest BCUT2D eigenvalue weighted by Gasteiger charge is -2.14. The van der Waals surface area contributed by atoms with Crippen molar-refractivity contribution >= 4 is 0 Å². The van der Waals surface area contributed by atoms with Crippen molar-refractivity contribution in [3.8, 4) is 0 Å². The van der Waals surface area contributed by atoms with Gasteiger partial charge in [-0.05, 0) is 6.08 Å². The normalized spacial score (nSPS) is 16.7. The van der Waals surface area contributed by atoms with E-state index >= 15 is 0 Å². The highest BCUT2D eigenvalue weighted by atomic mass is 15.1. The molecule has 1 N–H and O–H groups in total. The summed E-state index contributed by atoms with van der Waals surface area (Å²) in [5.74, 6) is 0. The van der Waals surface area contributed by atoms with Crippen LogP contribution in [-0.2, 0) is 0 Å². The second kappa shape index (κ2) is 3.77. The predicted octanol–water partition coefficient (Wildman–Crippen LogP) is 1.06. The van der Waals surface area contributed by atoms with Crippen LogP contribution in [0.3, 0.4) is 0 Å². The Morgan fingerprint density at radius 3 is 3.00 bits per heavy atom. The van der Waals surface area contributed by atoms with Crippen molar-refractivity contribution in [2.24, 2.45) is 0 Å². The molecule has 2 nitrogen and oxygen atoms in total. The van der Waals surface area contributed by atoms with E-state index in [0.29, 0.717) is 0 Å². The summed E-state index contributed by atoms with van der Waals surface area (Å²) in [6, 6.07) is 0. The van der Waals surface area contributed by atoms with Crippen molar-refractivity contribution in [3.63, 3.8) is 0 Å². The van der Waals surface area contributed by atoms with Crippen LogP contribution in [0.4, 0.5) is 0 Å². The number of rotatable bonds is 2. The van der Waals surface area contributed by atoms with E-state index in [1.165, 1.54) is 0 Å². The van der Waals surface area contributed by atoms with Gasteiger partial charge in [0.15, 0.2) is 0 Å². The highest BCUT2D eigenvalue weighted by molar-refractivity contribution is 5.10. The van der Waals surface area contributed by atoms with Crippen LogP contribution in [0.2, 0.25) is 0 Å². The molecule has 0 aromatic heterocycles. The third kappa shape index (κ3) is 1.97. The SMILES string of the molecule is CNC=CN1C=CC=CC1. The first-order chi connectivity index (χ1) is 4.93. The van der Waals surface area contributed by atoms with Gasteiger partial charge in [-0.25, -0.2) is 0 Å². The average molecular weight is 136 g/mol. The summed E-state index contributed by atoms with van der Waals surface area (Å²) < 4.78 is 0. The second-order valence-electron chi connectivity index (χ2n) is 2.07. The summed E-state index contributed by atoms with van der Waals surface area (Å²) in [6.07, 6.45) is 12.1. The first-order valence-electron chi connectivity index (χ1n) is 3.36. The van der Waals surface area contributed by atoms with E-state index in [9.17, 15) is 0 Å². The van der Waals surface area contributed by atoms with Crippen LogP contribution in [0.1, 0.15) is 0 Å². The van der Waals surface area contributed by atoms with Crippen LogP contribution in [0.25, 0.3) is 0 Å². The molecule has 1 aliphatic rings. The third-order valence-corrected chi connectivity index (χ3v) is 1.27. The molecule has 0 aromatic rings. The van der Waals surface area contributed by atoms with Crippen molar-refractivity contribution in [2.45, 2.75) is 0 Å². The van der Waals surface area contributed by atoms with Gasteiger partial charge in [-0.2, -0.15) is 0 Å². The molecular formula is C8H12N2. The zero-order chi connectivity index (χ0) is 7.23. The summed E-state index contributed by atoms with van der Waals surface area (Å²) in [4.78, 5) is 2.09. The van der Waals surface area contributed by atoms with Gasteiger partial charge in [-0.1, -0.05) is 12.2 Å². The van der Waals surface area contributed by atoms with Crippen LogP contribution >= 0.6 is 0 Å². The molecule has 1 heterocycles. The molecule has 0 fully saturated rings. The number of nitrogens with one attached hydrogen (secondary N) is 1. The van der Waals surface area contributed by atoms with Crippen molar-refractivity contribution < 1.29 is 0 Å². The zero-order valence-corrected chi connectivity index (χ0v) is 6.12. The molecule has 0 amide bonds. The fraction of sp³-hybridized carbons (Fsp3) is 0.250. The third-order valence-electron chi connectivity index (χ3n) is 1.27. The minimum atomic E-state index is 0.967.